The number of hydrogen-bond donors (Lipinski definition) is 1. The Labute approximate surface area is 95.2 Å². The molecule has 0 amide bonds. The van der Waals surface area contributed by atoms with E-state index in [2.05, 4.69) is 25.7 Å². The molecule has 1 aliphatic rings. The fourth-order valence-corrected chi connectivity index (χ4v) is 2.87. The molecule has 0 radical (unpaired) electrons. The van der Waals surface area contributed by atoms with Crippen LogP contribution in [0.3, 0.4) is 0 Å². The lowest BCUT2D eigenvalue weighted by Crippen LogP contribution is -2.49. The van der Waals surface area contributed by atoms with Crippen LogP contribution < -0.4 is 5.73 Å². The summed E-state index contributed by atoms with van der Waals surface area (Å²) >= 11 is 0. The van der Waals surface area contributed by atoms with Gasteiger partial charge in [0.2, 0.25) is 0 Å². The molecular formula is C13H28N2. The van der Waals surface area contributed by atoms with Gasteiger partial charge in [-0.3, -0.25) is 4.90 Å². The van der Waals surface area contributed by atoms with Gasteiger partial charge in [0.25, 0.3) is 0 Å². The molecule has 2 N–H and O–H groups in total. The van der Waals surface area contributed by atoms with E-state index < -0.39 is 0 Å². The molecule has 2 unspecified atom stereocenters. The molecule has 0 aromatic carbocycles. The third-order valence-corrected chi connectivity index (χ3v) is 3.83. The largest absolute Gasteiger partial charge is 0.329 e. The molecule has 0 saturated carbocycles. The molecule has 2 atom stereocenters. The summed E-state index contributed by atoms with van der Waals surface area (Å²) in [5, 5.41) is 0. The van der Waals surface area contributed by atoms with Crippen molar-refractivity contribution in [3.63, 3.8) is 0 Å². The summed E-state index contributed by atoms with van der Waals surface area (Å²) in [6.07, 6.45) is 6.83. The van der Waals surface area contributed by atoms with Crippen LogP contribution in [0.25, 0.3) is 0 Å². The van der Waals surface area contributed by atoms with E-state index in [9.17, 15) is 0 Å². The molecule has 0 aromatic heterocycles. The van der Waals surface area contributed by atoms with Crippen molar-refractivity contribution in [2.24, 2.45) is 11.7 Å². The quantitative estimate of drug-likeness (QED) is 0.776. The molecule has 1 rings (SSSR count). The van der Waals surface area contributed by atoms with Gasteiger partial charge < -0.3 is 5.73 Å². The van der Waals surface area contributed by atoms with E-state index in [0.29, 0.717) is 12.0 Å². The second-order valence-electron chi connectivity index (χ2n) is 5.20. The lowest BCUT2D eigenvalue weighted by molar-refractivity contribution is 0.105. The van der Waals surface area contributed by atoms with Crippen LogP contribution in [0.4, 0.5) is 0 Å². The first kappa shape index (κ1) is 13.0. The number of nitrogens with zero attached hydrogens (tertiary/aromatic N) is 1. The topological polar surface area (TPSA) is 29.3 Å². The van der Waals surface area contributed by atoms with E-state index in [-0.39, 0.29) is 0 Å². The molecule has 90 valence electrons. The van der Waals surface area contributed by atoms with E-state index in [1.54, 1.807) is 0 Å². The normalized spacial score (nSPS) is 26.6. The zero-order valence-corrected chi connectivity index (χ0v) is 10.7. The minimum atomic E-state index is 0.591. The summed E-state index contributed by atoms with van der Waals surface area (Å²) in [5.74, 6) is 0.683. The molecular weight excluding hydrogens is 184 g/mol. The van der Waals surface area contributed by atoms with Gasteiger partial charge in [0.1, 0.15) is 0 Å². The lowest BCUT2D eigenvalue weighted by Gasteiger charge is -2.38. The van der Waals surface area contributed by atoms with Crippen LogP contribution in [0, 0.1) is 5.92 Å². The van der Waals surface area contributed by atoms with Gasteiger partial charge in [-0.1, -0.05) is 33.6 Å². The Balaban J connectivity index is 2.67. The lowest BCUT2D eigenvalue weighted by atomic mass is 9.98. The number of likely N-dealkylation sites (tertiary alicyclic amines) is 1. The standard InChI is InChI=1S/C13H28N2/c1-4-12-8-6-5-7-9-15(12)13(10-14)11(2)3/h11-13H,4-10,14H2,1-3H3. The Morgan fingerprint density at radius 2 is 2.00 bits per heavy atom. The number of nitrogens with two attached hydrogens (primary N) is 1. The smallest absolute Gasteiger partial charge is 0.0244 e. The van der Waals surface area contributed by atoms with Gasteiger partial charge in [-0.25, -0.2) is 0 Å². The first-order chi connectivity index (χ1) is 7.20. The SMILES string of the molecule is CCC1CCCCCN1C(CN)C(C)C. The van der Waals surface area contributed by atoms with E-state index in [0.717, 1.165) is 12.6 Å². The second-order valence-corrected chi connectivity index (χ2v) is 5.20. The Morgan fingerprint density at radius 3 is 2.53 bits per heavy atom. The van der Waals surface area contributed by atoms with Gasteiger partial charge in [0.05, 0.1) is 0 Å². The Bertz CT molecular complexity index is 168. The molecule has 15 heavy (non-hydrogen) atoms. The van der Waals surface area contributed by atoms with Crippen molar-refractivity contribution < 1.29 is 0 Å². The van der Waals surface area contributed by atoms with Crippen LogP contribution in [0.2, 0.25) is 0 Å². The van der Waals surface area contributed by atoms with Crippen LogP contribution in [0.1, 0.15) is 52.9 Å². The van der Waals surface area contributed by atoms with Crippen molar-refractivity contribution >= 4 is 0 Å². The predicted octanol–water partition coefficient (Wildman–Crippen LogP) is 2.62. The summed E-state index contributed by atoms with van der Waals surface area (Å²) < 4.78 is 0. The molecule has 0 spiro atoms. The predicted molar refractivity (Wildman–Crippen MR) is 66.9 cm³/mol. The molecule has 1 aliphatic heterocycles. The average molecular weight is 212 g/mol. The summed E-state index contributed by atoms with van der Waals surface area (Å²) in [7, 11) is 0. The molecule has 0 bridgehead atoms. The van der Waals surface area contributed by atoms with E-state index >= 15 is 0 Å². The van der Waals surface area contributed by atoms with Gasteiger partial charge in [0, 0.05) is 18.6 Å². The maximum absolute atomic E-state index is 5.93. The van der Waals surface area contributed by atoms with Crippen LogP contribution in [-0.2, 0) is 0 Å². The molecule has 0 aromatic rings. The fourth-order valence-electron chi connectivity index (χ4n) is 2.87. The van der Waals surface area contributed by atoms with Crippen LogP contribution in [0.15, 0.2) is 0 Å². The van der Waals surface area contributed by atoms with Gasteiger partial charge in [-0.15, -0.1) is 0 Å². The summed E-state index contributed by atoms with van der Waals surface area (Å²) in [6.45, 7) is 8.99. The monoisotopic (exact) mass is 212 g/mol. The third kappa shape index (κ3) is 3.46. The van der Waals surface area contributed by atoms with Crippen molar-refractivity contribution in [1.82, 2.24) is 4.90 Å². The van der Waals surface area contributed by atoms with Crippen LogP contribution in [-0.4, -0.2) is 30.1 Å². The maximum atomic E-state index is 5.93. The van der Waals surface area contributed by atoms with Gasteiger partial charge >= 0.3 is 0 Å². The summed E-state index contributed by atoms with van der Waals surface area (Å²) in [6, 6.07) is 1.37. The molecule has 1 saturated heterocycles. The van der Waals surface area contributed by atoms with Crippen molar-refractivity contribution in [1.29, 1.82) is 0 Å². The minimum Gasteiger partial charge on any atom is -0.329 e. The van der Waals surface area contributed by atoms with Crippen molar-refractivity contribution in [3.05, 3.63) is 0 Å². The van der Waals surface area contributed by atoms with Gasteiger partial charge in [0.15, 0.2) is 0 Å². The summed E-state index contributed by atoms with van der Waals surface area (Å²) in [5.41, 5.74) is 5.93. The van der Waals surface area contributed by atoms with E-state index in [1.807, 2.05) is 0 Å². The molecule has 2 heteroatoms. The fraction of sp³-hybridized carbons (Fsp3) is 1.00. The zero-order valence-electron chi connectivity index (χ0n) is 10.7. The molecule has 1 heterocycles. The highest BCUT2D eigenvalue weighted by Crippen LogP contribution is 2.23. The molecule has 0 aliphatic carbocycles. The van der Waals surface area contributed by atoms with Crippen LogP contribution >= 0.6 is 0 Å². The highest BCUT2D eigenvalue weighted by Gasteiger charge is 2.27. The van der Waals surface area contributed by atoms with Crippen molar-refractivity contribution in [2.75, 3.05) is 13.1 Å². The maximum Gasteiger partial charge on any atom is 0.0244 e. The Morgan fingerprint density at radius 1 is 1.27 bits per heavy atom. The highest BCUT2D eigenvalue weighted by atomic mass is 15.2. The van der Waals surface area contributed by atoms with Gasteiger partial charge in [-0.2, -0.15) is 0 Å². The zero-order chi connectivity index (χ0) is 11.3. The highest BCUT2D eigenvalue weighted by molar-refractivity contribution is 4.83. The Hall–Kier alpha value is -0.0800. The van der Waals surface area contributed by atoms with Crippen molar-refractivity contribution in [2.45, 2.75) is 65.0 Å². The van der Waals surface area contributed by atoms with E-state index in [1.165, 1.54) is 38.6 Å². The summed E-state index contributed by atoms with van der Waals surface area (Å²) in [4.78, 5) is 2.69. The molecule has 1 fully saturated rings. The second kappa shape index (κ2) is 6.49. The Kier molecular flexibility index (Phi) is 5.62. The van der Waals surface area contributed by atoms with Crippen LogP contribution in [0.5, 0.6) is 0 Å². The first-order valence-electron chi connectivity index (χ1n) is 6.66. The van der Waals surface area contributed by atoms with Crippen molar-refractivity contribution in [3.8, 4) is 0 Å². The molecule has 2 nitrogen and oxygen atoms in total. The minimum absolute atomic E-state index is 0.591. The van der Waals surface area contributed by atoms with E-state index in [4.69, 9.17) is 5.73 Å². The first-order valence-corrected chi connectivity index (χ1v) is 6.66. The van der Waals surface area contributed by atoms with Gasteiger partial charge in [-0.05, 0) is 31.7 Å². The number of rotatable bonds is 4. The number of hydrogen-bond acceptors (Lipinski definition) is 2. The third-order valence-electron chi connectivity index (χ3n) is 3.83. The average Bonchev–Trinajstić information content (AvgIpc) is 2.44.